The summed E-state index contributed by atoms with van der Waals surface area (Å²) in [6, 6.07) is 10.0. The van der Waals surface area contributed by atoms with E-state index in [9.17, 15) is 0 Å². The summed E-state index contributed by atoms with van der Waals surface area (Å²) in [4.78, 5) is 4.33. The van der Waals surface area contributed by atoms with Crippen molar-refractivity contribution in [3.05, 3.63) is 54.1 Å². The Labute approximate surface area is 127 Å². The summed E-state index contributed by atoms with van der Waals surface area (Å²) in [6.45, 7) is 2.49. The number of nitrogens with zero attached hydrogens (tertiary/aromatic N) is 4. The van der Waals surface area contributed by atoms with Gasteiger partial charge in [0.15, 0.2) is 0 Å². The molecule has 1 N–H and O–H groups in total. The average molecular weight is 299 g/mol. The third-order valence-corrected chi connectivity index (χ3v) is 3.24. The Kier molecular flexibility index (Phi) is 4.15. The molecule has 7 nitrogen and oxygen atoms in total. The average Bonchev–Trinajstić information content (AvgIpc) is 3.18. The molecule has 0 saturated heterocycles. The van der Waals surface area contributed by atoms with Crippen LogP contribution in [0, 0.1) is 0 Å². The van der Waals surface area contributed by atoms with Gasteiger partial charge in [0, 0.05) is 13.7 Å². The minimum absolute atomic E-state index is 0.339. The fraction of sp³-hybridized carbons (Fsp3) is 0.267. The summed E-state index contributed by atoms with van der Waals surface area (Å²) in [7, 11) is 1.88. The Bertz CT molecular complexity index is 709. The van der Waals surface area contributed by atoms with Crippen LogP contribution in [0.1, 0.15) is 24.4 Å². The molecule has 1 unspecified atom stereocenters. The number of ether oxygens (including phenoxy) is 2. The highest BCUT2D eigenvalue weighted by atomic mass is 16.5. The summed E-state index contributed by atoms with van der Waals surface area (Å²) in [5, 5.41) is 10.5. The monoisotopic (exact) mass is 299 g/mol. The molecule has 0 spiro atoms. The van der Waals surface area contributed by atoms with Gasteiger partial charge in [0.2, 0.25) is 0 Å². The van der Waals surface area contributed by atoms with Crippen molar-refractivity contribution < 1.29 is 9.47 Å². The molecule has 0 aliphatic rings. The number of benzene rings is 1. The van der Waals surface area contributed by atoms with E-state index in [1.807, 2.05) is 48.9 Å². The van der Waals surface area contributed by atoms with E-state index in [1.54, 1.807) is 12.4 Å². The minimum atomic E-state index is -0.339. The number of imidazole rings is 1. The molecule has 0 radical (unpaired) electrons. The molecule has 0 saturated carbocycles. The first-order valence-corrected chi connectivity index (χ1v) is 7.01. The van der Waals surface area contributed by atoms with Gasteiger partial charge in [0.05, 0.1) is 18.1 Å². The van der Waals surface area contributed by atoms with Crippen molar-refractivity contribution in [2.75, 3.05) is 6.61 Å². The number of H-pyrrole nitrogens is 1. The fourth-order valence-corrected chi connectivity index (χ4v) is 2.16. The molecular formula is C15H17N5O2. The molecule has 3 aromatic rings. The van der Waals surface area contributed by atoms with E-state index < -0.39 is 0 Å². The van der Waals surface area contributed by atoms with Gasteiger partial charge in [-0.25, -0.2) is 4.98 Å². The van der Waals surface area contributed by atoms with E-state index in [2.05, 4.69) is 20.4 Å². The van der Waals surface area contributed by atoms with Gasteiger partial charge in [-0.05, 0) is 19.1 Å². The van der Waals surface area contributed by atoms with Gasteiger partial charge >= 0.3 is 6.01 Å². The molecule has 0 aliphatic carbocycles. The number of nitrogens with one attached hydrogen (secondary N) is 1. The van der Waals surface area contributed by atoms with Crippen LogP contribution < -0.4 is 4.74 Å². The number of hydrogen-bond acceptors (Lipinski definition) is 5. The van der Waals surface area contributed by atoms with Crippen LogP contribution in [0.25, 0.3) is 0 Å². The van der Waals surface area contributed by atoms with Crippen LogP contribution in [0.2, 0.25) is 0 Å². The number of para-hydroxylation sites is 1. The molecule has 114 valence electrons. The molecule has 22 heavy (non-hydrogen) atoms. The van der Waals surface area contributed by atoms with Gasteiger partial charge in [-0.2, -0.15) is 15.4 Å². The van der Waals surface area contributed by atoms with E-state index in [0.717, 1.165) is 11.4 Å². The van der Waals surface area contributed by atoms with E-state index in [1.165, 1.54) is 0 Å². The van der Waals surface area contributed by atoms with Crippen molar-refractivity contribution in [3.63, 3.8) is 0 Å². The number of hydrogen-bond donors (Lipinski definition) is 1. The zero-order valence-corrected chi connectivity index (χ0v) is 12.4. The topological polar surface area (TPSA) is 77.8 Å². The molecule has 2 aromatic heterocycles. The largest absolute Gasteiger partial charge is 0.426 e. The highest BCUT2D eigenvalue weighted by Crippen LogP contribution is 2.28. The second-order valence-corrected chi connectivity index (χ2v) is 4.67. The summed E-state index contributed by atoms with van der Waals surface area (Å²) >= 11 is 0. The predicted molar refractivity (Wildman–Crippen MR) is 79.6 cm³/mol. The highest BCUT2D eigenvalue weighted by molar-refractivity contribution is 5.26. The molecule has 7 heteroatoms. The van der Waals surface area contributed by atoms with Crippen LogP contribution in [-0.2, 0) is 11.8 Å². The van der Waals surface area contributed by atoms with Gasteiger partial charge in [0.1, 0.15) is 17.5 Å². The minimum Gasteiger partial charge on any atom is -0.426 e. The van der Waals surface area contributed by atoms with Crippen LogP contribution in [0.15, 0.2) is 42.7 Å². The molecule has 1 aromatic carbocycles. The zero-order chi connectivity index (χ0) is 15.4. The lowest BCUT2D eigenvalue weighted by Gasteiger charge is -2.15. The predicted octanol–water partition coefficient (Wildman–Crippen LogP) is 2.46. The quantitative estimate of drug-likeness (QED) is 0.756. The van der Waals surface area contributed by atoms with Gasteiger partial charge in [-0.15, -0.1) is 0 Å². The van der Waals surface area contributed by atoms with Gasteiger partial charge in [-0.3, -0.25) is 4.57 Å². The fourth-order valence-electron chi connectivity index (χ4n) is 2.16. The maximum Gasteiger partial charge on any atom is 0.301 e. The number of aromatic nitrogens is 5. The Morgan fingerprint density at radius 1 is 1.23 bits per heavy atom. The highest BCUT2D eigenvalue weighted by Gasteiger charge is 2.22. The van der Waals surface area contributed by atoms with E-state index in [4.69, 9.17) is 9.47 Å². The van der Waals surface area contributed by atoms with Crippen molar-refractivity contribution in [1.82, 2.24) is 25.0 Å². The van der Waals surface area contributed by atoms with Crippen LogP contribution in [0.3, 0.4) is 0 Å². The third-order valence-electron chi connectivity index (χ3n) is 3.24. The second-order valence-electron chi connectivity index (χ2n) is 4.67. The third kappa shape index (κ3) is 2.84. The Morgan fingerprint density at radius 3 is 2.73 bits per heavy atom. The van der Waals surface area contributed by atoms with Crippen molar-refractivity contribution in [1.29, 1.82) is 0 Å². The zero-order valence-electron chi connectivity index (χ0n) is 12.4. The summed E-state index contributed by atoms with van der Waals surface area (Å²) in [6.07, 6.45) is 3.03. The molecule has 1 atom stereocenters. The van der Waals surface area contributed by atoms with Crippen molar-refractivity contribution >= 4 is 0 Å². The molecule has 0 amide bonds. The Balaban J connectivity index is 1.88. The summed E-state index contributed by atoms with van der Waals surface area (Å²) in [5.74, 6) is 0.733. The molecule has 3 rings (SSSR count). The van der Waals surface area contributed by atoms with Gasteiger partial charge < -0.3 is 9.47 Å². The van der Waals surface area contributed by atoms with Crippen molar-refractivity contribution in [2.45, 2.75) is 13.0 Å². The first-order valence-electron chi connectivity index (χ1n) is 7.01. The SMILES string of the molecule is CCOC(c1cn[nH]n1)c1cnc(Oc2ccccc2)n1C. The van der Waals surface area contributed by atoms with E-state index >= 15 is 0 Å². The van der Waals surface area contributed by atoms with Crippen LogP contribution >= 0.6 is 0 Å². The Hall–Kier alpha value is -2.67. The smallest absolute Gasteiger partial charge is 0.301 e. The van der Waals surface area contributed by atoms with Crippen LogP contribution in [-0.4, -0.2) is 31.6 Å². The van der Waals surface area contributed by atoms with Crippen LogP contribution in [0.5, 0.6) is 11.8 Å². The molecule has 0 aliphatic heterocycles. The van der Waals surface area contributed by atoms with E-state index in [0.29, 0.717) is 18.3 Å². The number of rotatable bonds is 6. The summed E-state index contributed by atoms with van der Waals surface area (Å²) < 4.78 is 13.4. The summed E-state index contributed by atoms with van der Waals surface area (Å²) in [5.41, 5.74) is 1.55. The van der Waals surface area contributed by atoms with E-state index in [-0.39, 0.29) is 6.10 Å². The standard InChI is InChI=1S/C15H17N5O2/c1-3-21-14(12-9-17-19-18-12)13-10-16-15(20(13)2)22-11-7-5-4-6-8-11/h4-10,14H,3H2,1-2H3,(H,17,18,19). The van der Waals surface area contributed by atoms with Gasteiger partial charge in [0.25, 0.3) is 0 Å². The molecule has 0 bridgehead atoms. The lowest BCUT2D eigenvalue weighted by Crippen LogP contribution is -2.11. The maximum absolute atomic E-state index is 5.79. The molecule has 0 fully saturated rings. The van der Waals surface area contributed by atoms with Crippen molar-refractivity contribution in [2.24, 2.45) is 7.05 Å². The number of aromatic amines is 1. The lowest BCUT2D eigenvalue weighted by molar-refractivity contribution is 0.0829. The first-order chi connectivity index (χ1) is 10.8. The van der Waals surface area contributed by atoms with Crippen molar-refractivity contribution in [3.8, 4) is 11.8 Å². The van der Waals surface area contributed by atoms with Crippen LogP contribution in [0.4, 0.5) is 0 Å². The molecule has 2 heterocycles. The normalized spacial score (nSPS) is 12.3. The molecular weight excluding hydrogens is 282 g/mol. The Morgan fingerprint density at radius 2 is 2.05 bits per heavy atom. The lowest BCUT2D eigenvalue weighted by atomic mass is 10.2. The first kappa shape index (κ1) is 14.3. The second kappa shape index (κ2) is 6.40. The maximum atomic E-state index is 5.79. The van der Waals surface area contributed by atoms with Gasteiger partial charge in [-0.1, -0.05) is 18.2 Å².